The zero-order chi connectivity index (χ0) is 26.7. The van der Waals surface area contributed by atoms with Gasteiger partial charge in [0.15, 0.2) is 0 Å². The fourth-order valence-electron chi connectivity index (χ4n) is 7.58. The van der Waals surface area contributed by atoms with Crippen LogP contribution in [-0.2, 0) is 10.0 Å². The monoisotopic (exact) mass is 542 g/mol. The van der Waals surface area contributed by atoms with E-state index in [1.165, 1.54) is 41.8 Å². The summed E-state index contributed by atoms with van der Waals surface area (Å²) in [5, 5.41) is 15.3. The summed E-state index contributed by atoms with van der Waals surface area (Å²) >= 11 is 0. The van der Waals surface area contributed by atoms with Crippen molar-refractivity contribution >= 4 is 27.3 Å². The number of anilines is 1. The zero-order valence-corrected chi connectivity index (χ0v) is 21.8. The van der Waals surface area contributed by atoms with E-state index in [1.54, 1.807) is 17.0 Å². The Bertz CT molecular complexity index is 1340. The summed E-state index contributed by atoms with van der Waals surface area (Å²) in [4.78, 5) is 26.5. The molecule has 1 saturated heterocycles. The number of nitro groups is 1. The number of carbonyl (C=O) groups excluding carboxylic acids is 1. The van der Waals surface area contributed by atoms with Crippen LogP contribution in [0.15, 0.2) is 47.4 Å². The van der Waals surface area contributed by atoms with Crippen molar-refractivity contribution in [3.63, 3.8) is 0 Å². The number of benzene rings is 2. The smallest absolute Gasteiger partial charge is 0.293 e. The predicted molar refractivity (Wildman–Crippen MR) is 139 cm³/mol. The van der Waals surface area contributed by atoms with Gasteiger partial charge in [-0.2, -0.15) is 4.31 Å². The molecule has 1 heterocycles. The number of nitrogens with zero attached hydrogens (tertiary/aromatic N) is 3. The molecule has 1 amide bonds. The van der Waals surface area contributed by atoms with E-state index in [2.05, 4.69) is 5.32 Å². The van der Waals surface area contributed by atoms with Gasteiger partial charge in [0.2, 0.25) is 10.0 Å². The molecular formula is C27H31FN4O5S. The summed E-state index contributed by atoms with van der Waals surface area (Å²) in [7, 11) is -3.80. The van der Waals surface area contributed by atoms with E-state index in [0.29, 0.717) is 23.4 Å². The van der Waals surface area contributed by atoms with E-state index in [0.717, 1.165) is 31.4 Å². The largest absolute Gasteiger partial charge is 0.363 e. The second-order valence-electron chi connectivity index (χ2n) is 11.5. The minimum Gasteiger partial charge on any atom is -0.363 e. The van der Waals surface area contributed by atoms with Crippen molar-refractivity contribution in [1.82, 2.24) is 9.62 Å². The number of hydrogen-bond donors (Lipinski definition) is 1. The Kier molecular flexibility index (Phi) is 6.18. The molecule has 5 fully saturated rings. The SMILES string of the molecule is O=C(NC12CC3CC(CC(C3)C1)C2)c1ccc(N2CCN(S(=O)(=O)c3ccc(F)cc3)CC2)c([N+](=O)[O-])c1. The van der Waals surface area contributed by atoms with E-state index in [9.17, 15) is 27.7 Å². The average molecular weight is 543 g/mol. The Balaban J connectivity index is 1.16. The molecule has 0 radical (unpaired) electrons. The number of piperazine rings is 1. The first-order chi connectivity index (χ1) is 18.1. The average Bonchev–Trinajstić information content (AvgIpc) is 2.87. The quantitative estimate of drug-likeness (QED) is 0.437. The highest BCUT2D eigenvalue weighted by atomic mass is 32.2. The van der Waals surface area contributed by atoms with Crippen LogP contribution in [0.3, 0.4) is 0 Å². The molecule has 5 aliphatic rings. The highest BCUT2D eigenvalue weighted by Crippen LogP contribution is 2.55. The normalized spacial score (nSPS) is 28.9. The third-order valence-corrected chi connectivity index (χ3v) is 10.8. The molecule has 4 bridgehead atoms. The number of hydrogen-bond acceptors (Lipinski definition) is 6. The van der Waals surface area contributed by atoms with Gasteiger partial charge in [0.1, 0.15) is 11.5 Å². The standard InChI is InChI=1S/C27H31FN4O5S/c28-22-2-4-23(5-3-22)38(36,37)31-9-7-30(8-10-31)24-6-1-21(14-25(24)32(34)35)26(33)29-27-15-18-11-19(16-27)13-20(12-18)17-27/h1-6,14,18-20H,7-13,15-17H2,(H,29,33). The molecule has 0 atom stereocenters. The summed E-state index contributed by atoms with van der Waals surface area (Å²) in [6.45, 7) is 0.760. The van der Waals surface area contributed by atoms with Crippen LogP contribution >= 0.6 is 0 Å². The van der Waals surface area contributed by atoms with Crippen molar-refractivity contribution in [2.24, 2.45) is 17.8 Å². The van der Waals surface area contributed by atoms with Crippen molar-refractivity contribution in [3.05, 3.63) is 64.0 Å². The minimum atomic E-state index is -3.80. The summed E-state index contributed by atoms with van der Waals surface area (Å²) < 4.78 is 40.4. The van der Waals surface area contributed by atoms with Crippen LogP contribution in [0.4, 0.5) is 15.8 Å². The number of nitro benzene ring substituents is 1. The Morgan fingerprint density at radius 1 is 0.947 bits per heavy atom. The molecule has 0 aromatic heterocycles. The lowest BCUT2D eigenvalue weighted by Crippen LogP contribution is -2.59. The van der Waals surface area contributed by atoms with Crippen molar-refractivity contribution in [1.29, 1.82) is 0 Å². The maximum atomic E-state index is 13.3. The fourth-order valence-corrected chi connectivity index (χ4v) is 9.00. The Morgan fingerprint density at radius 2 is 1.53 bits per heavy atom. The van der Waals surface area contributed by atoms with Crippen LogP contribution in [0.25, 0.3) is 0 Å². The van der Waals surface area contributed by atoms with Crippen molar-refractivity contribution in [2.75, 3.05) is 31.1 Å². The predicted octanol–water partition coefficient (Wildman–Crippen LogP) is 3.94. The summed E-state index contributed by atoms with van der Waals surface area (Å²) in [6, 6.07) is 9.23. The Labute approximate surface area is 221 Å². The molecule has 0 spiro atoms. The van der Waals surface area contributed by atoms with Gasteiger partial charge in [0.05, 0.1) is 9.82 Å². The topological polar surface area (TPSA) is 113 Å². The van der Waals surface area contributed by atoms with Gasteiger partial charge in [0, 0.05) is 43.3 Å². The molecule has 11 heteroatoms. The molecule has 9 nitrogen and oxygen atoms in total. The lowest BCUT2D eigenvalue weighted by atomic mass is 9.53. The first kappa shape index (κ1) is 25.2. The van der Waals surface area contributed by atoms with E-state index < -0.39 is 20.8 Å². The molecule has 2 aromatic rings. The molecule has 38 heavy (non-hydrogen) atoms. The maximum Gasteiger partial charge on any atom is 0.293 e. The second kappa shape index (κ2) is 9.30. The number of sulfonamides is 1. The molecular weight excluding hydrogens is 511 g/mol. The fraction of sp³-hybridized carbons (Fsp3) is 0.519. The first-order valence-corrected chi connectivity index (χ1v) is 14.7. The van der Waals surface area contributed by atoms with E-state index in [1.807, 2.05) is 0 Å². The van der Waals surface area contributed by atoms with Gasteiger partial charge < -0.3 is 10.2 Å². The van der Waals surface area contributed by atoms with Gasteiger partial charge in [-0.3, -0.25) is 14.9 Å². The van der Waals surface area contributed by atoms with Gasteiger partial charge in [-0.25, -0.2) is 12.8 Å². The Morgan fingerprint density at radius 3 is 2.08 bits per heavy atom. The Hall–Kier alpha value is -3.05. The summed E-state index contributed by atoms with van der Waals surface area (Å²) in [6.07, 6.45) is 6.76. The second-order valence-corrected chi connectivity index (χ2v) is 13.4. The summed E-state index contributed by atoms with van der Waals surface area (Å²) in [5.74, 6) is 1.23. The lowest BCUT2D eigenvalue weighted by molar-refractivity contribution is -0.384. The van der Waals surface area contributed by atoms with Gasteiger partial charge in [-0.05, 0) is 92.7 Å². The molecule has 4 saturated carbocycles. The summed E-state index contributed by atoms with van der Waals surface area (Å²) in [5.41, 5.74) is 0.276. The number of rotatable bonds is 6. The number of nitrogens with one attached hydrogen (secondary N) is 1. The van der Waals surface area contributed by atoms with Gasteiger partial charge >= 0.3 is 0 Å². The molecule has 1 aliphatic heterocycles. The van der Waals surface area contributed by atoms with E-state index >= 15 is 0 Å². The highest BCUT2D eigenvalue weighted by molar-refractivity contribution is 7.89. The van der Waals surface area contributed by atoms with Gasteiger partial charge in [-0.15, -0.1) is 0 Å². The molecule has 4 aliphatic carbocycles. The molecule has 1 N–H and O–H groups in total. The third-order valence-electron chi connectivity index (χ3n) is 8.88. The van der Waals surface area contributed by atoms with Gasteiger partial charge in [-0.1, -0.05) is 0 Å². The van der Waals surface area contributed by atoms with Gasteiger partial charge in [0.25, 0.3) is 11.6 Å². The van der Waals surface area contributed by atoms with Crippen LogP contribution in [0.2, 0.25) is 0 Å². The molecule has 0 unspecified atom stereocenters. The van der Waals surface area contributed by atoms with Crippen LogP contribution in [0.5, 0.6) is 0 Å². The van der Waals surface area contributed by atoms with Crippen LogP contribution in [-0.4, -0.2) is 55.3 Å². The third kappa shape index (κ3) is 4.55. The highest BCUT2D eigenvalue weighted by Gasteiger charge is 2.51. The molecule has 202 valence electrons. The molecule has 2 aromatic carbocycles. The minimum absolute atomic E-state index is 0.00715. The number of carbonyl (C=O) groups is 1. The number of halogens is 1. The van der Waals surface area contributed by atoms with Crippen molar-refractivity contribution < 1.29 is 22.5 Å². The first-order valence-electron chi connectivity index (χ1n) is 13.2. The molecule has 7 rings (SSSR count). The number of amides is 1. The van der Waals surface area contributed by atoms with Crippen molar-refractivity contribution in [3.8, 4) is 0 Å². The lowest BCUT2D eigenvalue weighted by Gasteiger charge is -2.56. The van der Waals surface area contributed by atoms with E-state index in [4.69, 9.17) is 0 Å². The van der Waals surface area contributed by atoms with Crippen LogP contribution < -0.4 is 10.2 Å². The van der Waals surface area contributed by atoms with Crippen LogP contribution in [0, 0.1) is 33.7 Å². The zero-order valence-electron chi connectivity index (χ0n) is 21.0. The van der Waals surface area contributed by atoms with Crippen molar-refractivity contribution in [2.45, 2.75) is 49.0 Å². The maximum absolute atomic E-state index is 13.3. The van der Waals surface area contributed by atoms with E-state index in [-0.39, 0.29) is 53.8 Å². The van der Waals surface area contributed by atoms with Crippen LogP contribution in [0.1, 0.15) is 48.9 Å².